The third-order valence-electron chi connectivity index (χ3n) is 3.99. The van der Waals surface area contributed by atoms with Gasteiger partial charge in [0.25, 0.3) is 0 Å². The Balaban J connectivity index is 2.08. The molecule has 0 fully saturated rings. The van der Waals surface area contributed by atoms with Crippen LogP contribution >= 0.6 is 24.0 Å². The third kappa shape index (κ3) is 2.97. The molecule has 3 rings (SSSR count). The van der Waals surface area contributed by atoms with Crippen molar-refractivity contribution in [3.63, 3.8) is 0 Å². The highest BCUT2D eigenvalue weighted by molar-refractivity contribution is 8.23. The van der Waals surface area contributed by atoms with Crippen LogP contribution in [0.15, 0.2) is 52.0 Å². The molecule has 0 radical (unpaired) electrons. The highest BCUT2D eigenvalue weighted by atomic mass is 32.2. The molecular formula is C18H15NO3S2. The van der Waals surface area contributed by atoms with Crippen LogP contribution in [-0.4, -0.2) is 16.8 Å². The number of hydrogen-bond acceptors (Lipinski definition) is 6. The van der Waals surface area contributed by atoms with E-state index in [4.69, 9.17) is 21.4 Å². The molecular weight excluding hydrogens is 342 g/mol. The smallest absolute Gasteiger partial charge is 0.324 e. The van der Waals surface area contributed by atoms with E-state index in [0.717, 1.165) is 14.7 Å². The van der Waals surface area contributed by atoms with Crippen molar-refractivity contribution in [3.8, 4) is 6.07 Å². The number of rotatable bonds is 5. The van der Waals surface area contributed by atoms with Crippen molar-refractivity contribution in [3.05, 3.63) is 54.0 Å². The van der Waals surface area contributed by atoms with Crippen LogP contribution in [0.1, 0.15) is 30.1 Å². The van der Waals surface area contributed by atoms with E-state index >= 15 is 0 Å². The summed E-state index contributed by atoms with van der Waals surface area (Å²) >= 11 is 7.08. The van der Waals surface area contributed by atoms with Crippen molar-refractivity contribution < 1.29 is 13.9 Å². The molecule has 0 amide bonds. The van der Waals surface area contributed by atoms with E-state index < -0.39 is 17.8 Å². The quantitative estimate of drug-likeness (QED) is 0.588. The molecule has 0 saturated carbocycles. The lowest BCUT2D eigenvalue weighted by atomic mass is 9.77. The van der Waals surface area contributed by atoms with E-state index in [0.29, 0.717) is 5.76 Å². The van der Waals surface area contributed by atoms with Gasteiger partial charge in [0.2, 0.25) is 0 Å². The molecule has 6 heteroatoms. The Morgan fingerprint density at radius 3 is 2.88 bits per heavy atom. The van der Waals surface area contributed by atoms with Crippen LogP contribution in [0, 0.1) is 17.2 Å². The summed E-state index contributed by atoms with van der Waals surface area (Å²) < 4.78 is 11.4. The fourth-order valence-corrected chi connectivity index (χ4v) is 4.60. The largest absolute Gasteiger partial charge is 0.469 e. The lowest BCUT2D eigenvalue weighted by molar-refractivity contribution is -0.146. The summed E-state index contributed by atoms with van der Waals surface area (Å²) in [4.78, 5) is 13.4. The van der Waals surface area contributed by atoms with Crippen LogP contribution in [0.2, 0.25) is 0 Å². The van der Waals surface area contributed by atoms with E-state index in [1.165, 1.54) is 11.8 Å². The Labute approximate surface area is 149 Å². The SMILES string of the molecule is CCOC(=O)[C@H](C#N)[C@H](c1ccco1)[C@@H]1C(=S)Sc2ccccc21. The second kappa shape index (κ2) is 7.20. The van der Waals surface area contributed by atoms with Gasteiger partial charge in [0.15, 0.2) is 5.92 Å². The molecule has 2 heterocycles. The molecule has 0 bridgehead atoms. The molecule has 2 aromatic rings. The summed E-state index contributed by atoms with van der Waals surface area (Å²) in [5, 5.41) is 9.64. The molecule has 0 spiro atoms. The van der Waals surface area contributed by atoms with Crippen molar-refractivity contribution in [2.75, 3.05) is 6.61 Å². The molecule has 4 nitrogen and oxygen atoms in total. The molecule has 1 aromatic heterocycles. The molecule has 24 heavy (non-hydrogen) atoms. The van der Waals surface area contributed by atoms with E-state index in [1.54, 1.807) is 25.3 Å². The second-order valence-corrected chi connectivity index (χ2v) is 7.12. The number of benzene rings is 1. The van der Waals surface area contributed by atoms with Gasteiger partial charge in [-0.15, -0.1) is 0 Å². The number of nitrogens with zero attached hydrogens (tertiary/aromatic N) is 1. The first-order valence-electron chi connectivity index (χ1n) is 7.57. The fraction of sp³-hybridized carbons (Fsp3) is 0.278. The minimum absolute atomic E-state index is 0.225. The van der Waals surface area contributed by atoms with Gasteiger partial charge in [-0.2, -0.15) is 5.26 Å². The second-order valence-electron chi connectivity index (χ2n) is 5.34. The molecule has 0 aliphatic carbocycles. The molecule has 1 aromatic carbocycles. The van der Waals surface area contributed by atoms with Crippen LogP contribution in [-0.2, 0) is 9.53 Å². The van der Waals surface area contributed by atoms with Gasteiger partial charge in [-0.1, -0.05) is 42.2 Å². The van der Waals surface area contributed by atoms with Crippen LogP contribution < -0.4 is 0 Å². The maximum absolute atomic E-state index is 12.3. The summed E-state index contributed by atoms with van der Waals surface area (Å²) in [6.07, 6.45) is 1.54. The summed E-state index contributed by atoms with van der Waals surface area (Å²) in [7, 11) is 0. The van der Waals surface area contributed by atoms with Crippen LogP contribution in [0.4, 0.5) is 0 Å². The molecule has 1 aliphatic rings. The molecule has 1 aliphatic heterocycles. The number of fused-ring (bicyclic) bond motifs is 1. The van der Waals surface area contributed by atoms with Crippen molar-refractivity contribution in [1.82, 2.24) is 0 Å². The molecule has 0 N–H and O–H groups in total. The number of furan rings is 1. The molecule has 3 atom stereocenters. The number of hydrogen-bond donors (Lipinski definition) is 0. The lowest BCUT2D eigenvalue weighted by Crippen LogP contribution is -2.28. The fourth-order valence-electron chi connectivity index (χ4n) is 2.98. The number of ether oxygens (including phenoxy) is 1. The average Bonchev–Trinajstić information content (AvgIpc) is 3.20. The highest BCUT2D eigenvalue weighted by Crippen LogP contribution is 2.51. The lowest BCUT2D eigenvalue weighted by Gasteiger charge is -2.25. The summed E-state index contributed by atoms with van der Waals surface area (Å²) in [6, 6.07) is 13.5. The zero-order chi connectivity index (χ0) is 17.1. The standard InChI is InChI=1S/C18H15NO3S2/c1-2-21-17(20)12(10-19)15(13-7-5-9-22-13)16-11-6-3-4-8-14(11)24-18(16)23/h3-9,12,15-16H,2H2,1H3/t12-,15-,16-/m1/s1. The van der Waals surface area contributed by atoms with Crippen LogP contribution in [0.5, 0.6) is 0 Å². The number of nitriles is 1. The minimum atomic E-state index is -0.981. The highest BCUT2D eigenvalue weighted by Gasteiger charge is 2.44. The minimum Gasteiger partial charge on any atom is -0.469 e. The molecule has 0 saturated heterocycles. The average molecular weight is 357 g/mol. The topological polar surface area (TPSA) is 63.2 Å². The predicted octanol–water partition coefficient (Wildman–Crippen LogP) is 4.28. The van der Waals surface area contributed by atoms with Gasteiger partial charge in [0.1, 0.15) is 5.76 Å². The monoisotopic (exact) mass is 357 g/mol. The zero-order valence-electron chi connectivity index (χ0n) is 13.0. The Morgan fingerprint density at radius 2 is 2.21 bits per heavy atom. The number of thiocarbonyl (C=S) groups is 1. The molecule has 122 valence electrons. The van der Waals surface area contributed by atoms with Crippen molar-refractivity contribution in [1.29, 1.82) is 5.26 Å². The van der Waals surface area contributed by atoms with Crippen LogP contribution in [0.3, 0.4) is 0 Å². The Morgan fingerprint density at radius 1 is 1.42 bits per heavy atom. The molecule has 0 unspecified atom stereocenters. The number of carbonyl (C=O) groups excluding carboxylic acids is 1. The number of carbonyl (C=O) groups is 1. The zero-order valence-corrected chi connectivity index (χ0v) is 14.6. The van der Waals surface area contributed by atoms with E-state index in [2.05, 4.69) is 6.07 Å². The maximum Gasteiger partial charge on any atom is 0.324 e. The van der Waals surface area contributed by atoms with Gasteiger partial charge in [-0.05, 0) is 30.7 Å². The van der Waals surface area contributed by atoms with Gasteiger partial charge >= 0.3 is 5.97 Å². The van der Waals surface area contributed by atoms with Gasteiger partial charge in [0.05, 0.1) is 29.1 Å². The van der Waals surface area contributed by atoms with E-state index in [-0.39, 0.29) is 12.5 Å². The number of esters is 1. The van der Waals surface area contributed by atoms with E-state index in [9.17, 15) is 10.1 Å². The first kappa shape index (κ1) is 16.7. The van der Waals surface area contributed by atoms with Crippen molar-refractivity contribution in [2.24, 2.45) is 5.92 Å². The Hall–Kier alpha value is -2.10. The Bertz CT molecular complexity index is 795. The summed E-state index contributed by atoms with van der Waals surface area (Å²) in [6.45, 7) is 1.95. The summed E-state index contributed by atoms with van der Waals surface area (Å²) in [5.41, 5.74) is 1.03. The van der Waals surface area contributed by atoms with Gasteiger partial charge in [-0.3, -0.25) is 4.79 Å². The van der Waals surface area contributed by atoms with E-state index in [1.807, 2.05) is 24.3 Å². The van der Waals surface area contributed by atoms with Crippen molar-refractivity contribution in [2.45, 2.75) is 23.7 Å². The van der Waals surface area contributed by atoms with Crippen LogP contribution in [0.25, 0.3) is 0 Å². The summed E-state index contributed by atoms with van der Waals surface area (Å²) in [5.74, 6) is -1.71. The maximum atomic E-state index is 12.3. The third-order valence-corrected chi connectivity index (χ3v) is 5.54. The van der Waals surface area contributed by atoms with Crippen molar-refractivity contribution >= 4 is 34.1 Å². The predicted molar refractivity (Wildman–Crippen MR) is 94.8 cm³/mol. The van der Waals surface area contributed by atoms with Gasteiger partial charge in [-0.25, -0.2) is 0 Å². The first-order chi connectivity index (χ1) is 11.7. The first-order valence-corrected chi connectivity index (χ1v) is 8.80. The normalized spacial score (nSPS) is 18.5. The van der Waals surface area contributed by atoms with Gasteiger partial charge in [0, 0.05) is 10.8 Å². The number of thioether (sulfide) groups is 1. The van der Waals surface area contributed by atoms with Gasteiger partial charge < -0.3 is 9.15 Å². The Kier molecular flexibility index (Phi) is 5.03.